The van der Waals surface area contributed by atoms with Crippen molar-refractivity contribution in [2.45, 2.75) is 12.6 Å². The molecule has 0 aliphatic heterocycles. The summed E-state index contributed by atoms with van der Waals surface area (Å²) in [6.45, 7) is 0.167. The Balaban J connectivity index is 1.95. The molecule has 0 spiro atoms. The van der Waals surface area contributed by atoms with Crippen LogP contribution in [-0.2, 0) is 11.3 Å². The number of aromatic nitrogens is 1. The summed E-state index contributed by atoms with van der Waals surface area (Å²) in [5.41, 5.74) is -0.0246. The van der Waals surface area contributed by atoms with Crippen molar-refractivity contribution in [3.63, 3.8) is 0 Å². The molecule has 0 saturated heterocycles. The molecule has 2 aromatic carbocycles. The van der Waals surface area contributed by atoms with Gasteiger partial charge in [-0.25, -0.2) is 0 Å². The monoisotopic (exact) mass is 391 g/mol. The maximum atomic E-state index is 13.1. The molecular weight excluding hydrogens is 374 g/mol. The van der Waals surface area contributed by atoms with Crippen LogP contribution >= 0.6 is 0 Å². The lowest BCUT2D eigenvalue weighted by atomic mass is 10.0. The average Bonchev–Trinajstić information content (AvgIpc) is 2.74. The number of rotatable bonds is 7. The van der Waals surface area contributed by atoms with Crippen molar-refractivity contribution < 1.29 is 14.5 Å². The number of benzene rings is 2. The molecule has 0 saturated carbocycles. The van der Waals surface area contributed by atoms with Crippen molar-refractivity contribution in [2.75, 3.05) is 0 Å². The van der Waals surface area contributed by atoms with Crippen LogP contribution < -0.4 is 10.9 Å². The Kier molecular flexibility index (Phi) is 5.94. The summed E-state index contributed by atoms with van der Waals surface area (Å²) in [5, 5.41) is 13.7. The number of carbonyl (C=O) groups is 2. The lowest BCUT2D eigenvalue weighted by molar-refractivity contribution is -0.384. The number of nitrogens with one attached hydrogen (secondary N) is 1. The van der Waals surface area contributed by atoms with Crippen LogP contribution in [-0.4, -0.2) is 21.2 Å². The van der Waals surface area contributed by atoms with Crippen LogP contribution in [0, 0.1) is 10.1 Å². The number of nitrogens with zero attached hydrogens (tertiary/aromatic N) is 2. The third kappa shape index (κ3) is 4.62. The fourth-order valence-corrected chi connectivity index (χ4v) is 2.84. The Morgan fingerprint density at radius 2 is 1.72 bits per heavy atom. The van der Waals surface area contributed by atoms with Crippen molar-refractivity contribution in [1.82, 2.24) is 9.88 Å². The van der Waals surface area contributed by atoms with Gasteiger partial charge in [0.1, 0.15) is 0 Å². The molecule has 8 nitrogen and oxygen atoms in total. The largest absolute Gasteiger partial charge is 0.350 e. The molecule has 1 N–H and O–H groups in total. The van der Waals surface area contributed by atoms with Gasteiger partial charge in [0.25, 0.3) is 17.2 Å². The van der Waals surface area contributed by atoms with E-state index in [0.29, 0.717) is 0 Å². The molecule has 0 fully saturated rings. The lowest BCUT2D eigenvalue weighted by Crippen LogP contribution is -2.41. The fourth-order valence-electron chi connectivity index (χ4n) is 2.84. The third-order valence-corrected chi connectivity index (χ3v) is 4.28. The second-order valence-electron chi connectivity index (χ2n) is 6.22. The topological polar surface area (TPSA) is 111 Å². The van der Waals surface area contributed by atoms with Gasteiger partial charge in [0.15, 0.2) is 11.8 Å². The molecular formula is C21H17N3O5. The van der Waals surface area contributed by atoms with E-state index in [2.05, 4.69) is 5.32 Å². The number of hydrogen-bond acceptors (Lipinski definition) is 5. The second-order valence-corrected chi connectivity index (χ2v) is 6.22. The number of hydrogen-bond donors (Lipinski definition) is 1. The SMILES string of the molecule is O=C(NCc1ccccc1)C(C(=O)c1cccc([N+](=O)[O-])c1)n1ccccc1=O. The van der Waals surface area contributed by atoms with Crippen LogP contribution in [0.5, 0.6) is 0 Å². The molecule has 146 valence electrons. The number of pyridine rings is 1. The van der Waals surface area contributed by atoms with Crippen LogP contribution in [0.4, 0.5) is 5.69 Å². The summed E-state index contributed by atoms with van der Waals surface area (Å²) < 4.78 is 1.02. The van der Waals surface area contributed by atoms with Crippen molar-refractivity contribution in [1.29, 1.82) is 0 Å². The van der Waals surface area contributed by atoms with E-state index in [1.807, 2.05) is 30.3 Å². The molecule has 1 atom stereocenters. The normalized spacial score (nSPS) is 11.4. The minimum atomic E-state index is -1.49. The van der Waals surface area contributed by atoms with E-state index in [1.54, 1.807) is 0 Å². The summed E-state index contributed by atoms with van der Waals surface area (Å²) in [7, 11) is 0. The highest BCUT2D eigenvalue weighted by Crippen LogP contribution is 2.19. The zero-order chi connectivity index (χ0) is 20.8. The summed E-state index contributed by atoms with van der Waals surface area (Å²) in [6, 6.07) is 16.9. The van der Waals surface area contributed by atoms with Gasteiger partial charge in [0, 0.05) is 36.5 Å². The number of nitro benzene ring substituents is 1. The Morgan fingerprint density at radius 3 is 2.41 bits per heavy atom. The van der Waals surface area contributed by atoms with Gasteiger partial charge in [-0.05, 0) is 11.6 Å². The maximum Gasteiger partial charge on any atom is 0.270 e. The Bertz CT molecular complexity index is 1110. The molecule has 3 aromatic rings. The van der Waals surface area contributed by atoms with E-state index < -0.39 is 28.2 Å². The second kappa shape index (κ2) is 8.75. The van der Waals surface area contributed by atoms with Gasteiger partial charge in [-0.1, -0.05) is 48.5 Å². The standard InChI is InChI=1S/C21H17N3O5/c25-18-11-4-5-12-23(18)19(21(27)22-14-15-7-2-1-3-8-15)20(26)16-9-6-10-17(13-16)24(28)29/h1-13,19H,14H2,(H,22,27). The highest BCUT2D eigenvalue weighted by atomic mass is 16.6. The lowest BCUT2D eigenvalue weighted by Gasteiger charge is -2.18. The molecule has 0 bridgehead atoms. The van der Waals surface area contributed by atoms with Crippen molar-refractivity contribution in [2.24, 2.45) is 0 Å². The predicted molar refractivity (Wildman–Crippen MR) is 105 cm³/mol. The van der Waals surface area contributed by atoms with Gasteiger partial charge in [-0.15, -0.1) is 0 Å². The Hall–Kier alpha value is -4.07. The molecule has 1 aromatic heterocycles. The van der Waals surface area contributed by atoms with Crippen LogP contribution in [0.2, 0.25) is 0 Å². The quantitative estimate of drug-likeness (QED) is 0.288. The predicted octanol–water partition coefficient (Wildman–Crippen LogP) is 2.50. The molecule has 0 radical (unpaired) electrons. The van der Waals surface area contributed by atoms with Gasteiger partial charge >= 0.3 is 0 Å². The van der Waals surface area contributed by atoms with Gasteiger partial charge in [0.2, 0.25) is 0 Å². The van der Waals surface area contributed by atoms with E-state index in [1.165, 1.54) is 42.6 Å². The molecule has 1 heterocycles. The van der Waals surface area contributed by atoms with Crippen molar-refractivity contribution in [3.05, 3.63) is 111 Å². The Labute approximate surface area is 165 Å². The smallest absolute Gasteiger partial charge is 0.270 e. The van der Waals surface area contributed by atoms with Crippen LogP contribution in [0.3, 0.4) is 0 Å². The minimum absolute atomic E-state index is 0.0326. The molecule has 3 rings (SSSR count). The fraction of sp³-hybridized carbons (Fsp3) is 0.0952. The first-order valence-corrected chi connectivity index (χ1v) is 8.75. The first-order valence-electron chi connectivity index (χ1n) is 8.75. The van der Waals surface area contributed by atoms with Crippen LogP contribution in [0.15, 0.2) is 83.8 Å². The zero-order valence-electron chi connectivity index (χ0n) is 15.2. The van der Waals surface area contributed by atoms with E-state index in [-0.39, 0.29) is 17.8 Å². The third-order valence-electron chi connectivity index (χ3n) is 4.28. The summed E-state index contributed by atoms with van der Waals surface area (Å²) in [5.74, 6) is -1.40. The van der Waals surface area contributed by atoms with Crippen LogP contribution in [0.25, 0.3) is 0 Å². The summed E-state index contributed by atoms with van der Waals surface area (Å²) in [6.07, 6.45) is 1.34. The average molecular weight is 391 g/mol. The summed E-state index contributed by atoms with van der Waals surface area (Å²) in [4.78, 5) is 48.6. The maximum absolute atomic E-state index is 13.1. The number of Topliss-reactive ketones (excluding diaryl/α,β-unsaturated/α-hetero) is 1. The number of carbonyl (C=O) groups excluding carboxylic acids is 2. The molecule has 0 aliphatic rings. The van der Waals surface area contributed by atoms with Gasteiger partial charge in [-0.3, -0.25) is 29.1 Å². The number of amides is 1. The first-order chi connectivity index (χ1) is 14.0. The van der Waals surface area contributed by atoms with Gasteiger partial charge in [0.05, 0.1) is 4.92 Å². The van der Waals surface area contributed by atoms with Crippen LogP contribution in [0.1, 0.15) is 22.0 Å². The van der Waals surface area contributed by atoms with E-state index in [9.17, 15) is 24.5 Å². The highest BCUT2D eigenvalue weighted by Gasteiger charge is 2.30. The minimum Gasteiger partial charge on any atom is -0.350 e. The molecule has 8 heteroatoms. The summed E-state index contributed by atoms with van der Waals surface area (Å²) >= 11 is 0. The van der Waals surface area contributed by atoms with Crippen molar-refractivity contribution in [3.8, 4) is 0 Å². The molecule has 1 amide bonds. The number of non-ortho nitro benzene ring substituents is 1. The number of ketones is 1. The van der Waals surface area contributed by atoms with Crippen molar-refractivity contribution >= 4 is 17.4 Å². The number of nitro groups is 1. The zero-order valence-corrected chi connectivity index (χ0v) is 15.2. The Morgan fingerprint density at radius 1 is 1.00 bits per heavy atom. The van der Waals surface area contributed by atoms with E-state index >= 15 is 0 Å². The van der Waals surface area contributed by atoms with E-state index in [0.717, 1.165) is 16.2 Å². The van der Waals surface area contributed by atoms with Gasteiger partial charge in [-0.2, -0.15) is 0 Å². The van der Waals surface area contributed by atoms with Gasteiger partial charge < -0.3 is 5.32 Å². The molecule has 0 aliphatic carbocycles. The molecule has 29 heavy (non-hydrogen) atoms. The molecule has 1 unspecified atom stereocenters. The first kappa shape index (κ1) is 19.7. The highest BCUT2D eigenvalue weighted by molar-refractivity contribution is 6.12. The van der Waals surface area contributed by atoms with E-state index in [4.69, 9.17) is 0 Å².